The van der Waals surface area contributed by atoms with Gasteiger partial charge in [0.15, 0.2) is 22.2 Å². The topological polar surface area (TPSA) is 97.8 Å². The van der Waals surface area contributed by atoms with E-state index in [1.807, 2.05) is 0 Å². The molecule has 140 valence electrons. The van der Waals surface area contributed by atoms with E-state index in [0.29, 0.717) is 12.0 Å². The number of Topliss-reactive ketones (excluding diaryl/α,β-unsaturated/α-hetero) is 1. The summed E-state index contributed by atoms with van der Waals surface area (Å²) >= 11 is 1.25. The molecular formula is C17H19NO6S2. The predicted molar refractivity (Wildman–Crippen MR) is 98.4 cm³/mol. The normalized spacial score (nSPS) is 20.9. The van der Waals surface area contributed by atoms with Crippen LogP contribution in [0.3, 0.4) is 0 Å². The number of ketones is 1. The van der Waals surface area contributed by atoms with Gasteiger partial charge in [-0.15, -0.1) is 11.8 Å². The van der Waals surface area contributed by atoms with E-state index in [2.05, 4.69) is 0 Å². The van der Waals surface area contributed by atoms with Crippen molar-refractivity contribution in [2.24, 2.45) is 0 Å². The van der Waals surface area contributed by atoms with Crippen molar-refractivity contribution in [3.63, 3.8) is 0 Å². The van der Waals surface area contributed by atoms with Gasteiger partial charge >= 0.3 is 5.97 Å². The summed E-state index contributed by atoms with van der Waals surface area (Å²) in [4.78, 5) is 37.2. The van der Waals surface area contributed by atoms with Gasteiger partial charge in [-0.3, -0.25) is 14.4 Å². The molecular weight excluding hydrogens is 378 g/mol. The van der Waals surface area contributed by atoms with E-state index in [9.17, 15) is 22.8 Å². The van der Waals surface area contributed by atoms with Gasteiger partial charge in [0.25, 0.3) is 0 Å². The van der Waals surface area contributed by atoms with E-state index in [1.54, 1.807) is 30.1 Å². The van der Waals surface area contributed by atoms with Gasteiger partial charge in [-0.1, -0.05) is 0 Å². The Hall–Kier alpha value is -1.87. The minimum absolute atomic E-state index is 0.0248. The number of thioether (sulfide) groups is 1. The standard InChI is InChI=1S/C17H19NO6S2/c1-18-14-3-2-11(6-12(14)7-16(18)20)15(19)8-24-17(21)9-25-13-4-5-26(22,23)10-13/h2-3,6,13H,4-5,7-10H2,1H3/t13-/m1/s1. The summed E-state index contributed by atoms with van der Waals surface area (Å²) in [5.74, 6) is -0.626. The van der Waals surface area contributed by atoms with Crippen molar-refractivity contribution in [1.29, 1.82) is 0 Å². The zero-order valence-corrected chi connectivity index (χ0v) is 15.9. The van der Waals surface area contributed by atoms with Crippen LogP contribution in [0.25, 0.3) is 0 Å². The largest absolute Gasteiger partial charge is 0.457 e. The van der Waals surface area contributed by atoms with E-state index in [-0.39, 0.29) is 47.2 Å². The molecule has 0 bridgehead atoms. The average molecular weight is 397 g/mol. The highest BCUT2D eigenvalue weighted by atomic mass is 32.2. The van der Waals surface area contributed by atoms with Crippen LogP contribution in [0.2, 0.25) is 0 Å². The fourth-order valence-corrected chi connectivity index (χ4v) is 6.43. The Labute approximate surface area is 156 Å². The molecule has 3 rings (SSSR count). The van der Waals surface area contributed by atoms with Crippen LogP contribution >= 0.6 is 11.8 Å². The van der Waals surface area contributed by atoms with E-state index >= 15 is 0 Å². The highest BCUT2D eigenvalue weighted by Gasteiger charge is 2.29. The molecule has 1 aromatic rings. The molecule has 0 aromatic heterocycles. The second-order valence-corrected chi connectivity index (χ2v) is 9.91. The van der Waals surface area contributed by atoms with Crippen molar-refractivity contribution >= 4 is 44.9 Å². The summed E-state index contributed by atoms with van der Waals surface area (Å²) in [6, 6.07) is 4.99. The van der Waals surface area contributed by atoms with E-state index in [0.717, 1.165) is 11.3 Å². The molecule has 7 nitrogen and oxygen atoms in total. The Morgan fingerprint density at radius 2 is 2.12 bits per heavy atom. The first-order valence-electron chi connectivity index (χ1n) is 8.15. The second-order valence-electron chi connectivity index (χ2n) is 6.39. The Morgan fingerprint density at radius 1 is 1.35 bits per heavy atom. The third kappa shape index (κ3) is 4.27. The number of amides is 1. The monoisotopic (exact) mass is 397 g/mol. The number of rotatable bonds is 6. The number of likely N-dealkylation sites (N-methyl/N-ethyl adjacent to an activating group) is 1. The van der Waals surface area contributed by atoms with Crippen LogP contribution in [0.5, 0.6) is 0 Å². The Balaban J connectivity index is 1.48. The SMILES string of the molecule is CN1C(=O)Cc2cc(C(=O)COC(=O)CS[C@@H]3CCS(=O)(=O)C3)ccc21. The number of anilines is 1. The maximum Gasteiger partial charge on any atom is 0.316 e. The molecule has 0 N–H and O–H groups in total. The summed E-state index contributed by atoms with van der Waals surface area (Å²) in [7, 11) is -1.29. The van der Waals surface area contributed by atoms with Crippen LogP contribution in [0.15, 0.2) is 18.2 Å². The minimum atomic E-state index is -2.97. The number of sulfone groups is 1. The first-order valence-corrected chi connectivity index (χ1v) is 11.0. The molecule has 0 saturated carbocycles. The zero-order valence-electron chi connectivity index (χ0n) is 14.3. The molecule has 2 heterocycles. The second kappa shape index (κ2) is 7.40. The zero-order chi connectivity index (χ0) is 18.9. The quantitative estimate of drug-likeness (QED) is 0.518. The third-order valence-corrected chi connectivity index (χ3v) is 7.73. The number of hydrogen-bond acceptors (Lipinski definition) is 7. The summed E-state index contributed by atoms with van der Waals surface area (Å²) in [6.07, 6.45) is 0.801. The molecule has 1 atom stereocenters. The first kappa shape index (κ1) is 18.9. The number of fused-ring (bicyclic) bond motifs is 1. The molecule has 0 aliphatic carbocycles. The lowest BCUT2D eigenvalue weighted by Crippen LogP contribution is -2.20. The molecule has 0 spiro atoms. The number of carbonyl (C=O) groups is 3. The molecule has 1 saturated heterocycles. The fourth-order valence-electron chi connectivity index (χ4n) is 2.99. The lowest BCUT2D eigenvalue weighted by Gasteiger charge is -2.10. The summed E-state index contributed by atoms with van der Waals surface area (Å²) in [5, 5.41) is -0.0884. The lowest BCUT2D eigenvalue weighted by atomic mass is 10.1. The van der Waals surface area contributed by atoms with Crippen LogP contribution in [0.1, 0.15) is 22.3 Å². The van der Waals surface area contributed by atoms with Gasteiger partial charge in [0.2, 0.25) is 5.91 Å². The first-order chi connectivity index (χ1) is 12.2. The maximum atomic E-state index is 12.2. The number of carbonyl (C=O) groups excluding carboxylic acids is 3. The van der Waals surface area contributed by atoms with Crippen LogP contribution in [-0.4, -0.2) is 62.2 Å². The van der Waals surface area contributed by atoms with Crippen molar-refractivity contribution in [3.8, 4) is 0 Å². The predicted octanol–water partition coefficient (Wildman–Crippen LogP) is 0.852. The minimum Gasteiger partial charge on any atom is -0.457 e. The fraction of sp³-hybridized carbons (Fsp3) is 0.471. The number of ether oxygens (including phenoxy) is 1. The molecule has 1 amide bonds. The van der Waals surface area contributed by atoms with Gasteiger partial charge in [0.1, 0.15) is 0 Å². The van der Waals surface area contributed by atoms with Gasteiger partial charge in [-0.2, -0.15) is 0 Å². The average Bonchev–Trinajstić information content (AvgIpc) is 3.09. The van der Waals surface area contributed by atoms with Crippen LogP contribution < -0.4 is 4.90 Å². The van der Waals surface area contributed by atoms with Crippen LogP contribution in [0.4, 0.5) is 5.69 Å². The van der Waals surface area contributed by atoms with Crippen LogP contribution in [0, 0.1) is 0 Å². The highest BCUT2D eigenvalue weighted by molar-refractivity contribution is 8.02. The summed E-state index contributed by atoms with van der Waals surface area (Å²) < 4.78 is 27.8. The van der Waals surface area contributed by atoms with Gasteiger partial charge < -0.3 is 9.64 Å². The number of nitrogens with zero attached hydrogens (tertiary/aromatic N) is 1. The third-order valence-electron chi connectivity index (χ3n) is 4.47. The van der Waals surface area contributed by atoms with Crippen molar-refractivity contribution < 1.29 is 27.5 Å². The van der Waals surface area contributed by atoms with Crippen molar-refractivity contribution in [1.82, 2.24) is 0 Å². The lowest BCUT2D eigenvalue weighted by molar-refractivity contribution is -0.139. The molecule has 1 aromatic carbocycles. The van der Waals surface area contributed by atoms with Crippen LogP contribution in [-0.2, 0) is 30.6 Å². The van der Waals surface area contributed by atoms with Crippen molar-refractivity contribution in [2.45, 2.75) is 18.1 Å². The van der Waals surface area contributed by atoms with Gasteiger partial charge in [0, 0.05) is 23.5 Å². The molecule has 0 radical (unpaired) electrons. The molecule has 2 aliphatic rings. The van der Waals surface area contributed by atoms with Gasteiger partial charge in [-0.25, -0.2) is 8.42 Å². The number of hydrogen-bond donors (Lipinski definition) is 0. The molecule has 9 heteroatoms. The molecule has 2 aliphatic heterocycles. The van der Waals surface area contributed by atoms with E-state index in [4.69, 9.17) is 4.74 Å². The highest BCUT2D eigenvalue weighted by Crippen LogP contribution is 2.28. The Kier molecular flexibility index (Phi) is 5.38. The van der Waals surface area contributed by atoms with Gasteiger partial charge in [-0.05, 0) is 30.2 Å². The summed E-state index contributed by atoms with van der Waals surface area (Å²) in [6.45, 7) is -0.370. The molecule has 0 unspecified atom stereocenters. The molecule has 26 heavy (non-hydrogen) atoms. The van der Waals surface area contributed by atoms with Crippen molar-refractivity contribution in [2.75, 3.05) is 35.8 Å². The Morgan fingerprint density at radius 3 is 2.81 bits per heavy atom. The Bertz CT molecular complexity index is 864. The van der Waals surface area contributed by atoms with E-state index < -0.39 is 15.8 Å². The van der Waals surface area contributed by atoms with E-state index in [1.165, 1.54) is 11.8 Å². The number of esters is 1. The van der Waals surface area contributed by atoms with Crippen molar-refractivity contribution in [3.05, 3.63) is 29.3 Å². The number of benzene rings is 1. The maximum absolute atomic E-state index is 12.2. The smallest absolute Gasteiger partial charge is 0.316 e. The van der Waals surface area contributed by atoms with Gasteiger partial charge in [0.05, 0.1) is 23.7 Å². The molecule has 1 fully saturated rings. The summed E-state index contributed by atoms with van der Waals surface area (Å²) in [5.41, 5.74) is 1.97.